The first-order chi connectivity index (χ1) is 8.72. The van der Waals surface area contributed by atoms with E-state index >= 15 is 0 Å². The van der Waals surface area contributed by atoms with Crippen LogP contribution in [0.5, 0.6) is 11.5 Å². The third-order valence-corrected chi connectivity index (χ3v) is 2.22. The van der Waals surface area contributed by atoms with Gasteiger partial charge in [-0.15, -0.1) is 0 Å². The molecule has 0 N–H and O–H groups in total. The van der Waals surface area contributed by atoms with Crippen LogP contribution in [0.25, 0.3) is 0 Å². The Balaban J connectivity index is 2.87. The SMILES string of the molecule is CCCOC(=O)c1ccc(OCC)c(OCC)c1. The van der Waals surface area contributed by atoms with Crippen molar-refractivity contribution < 1.29 is 19.0 Å². The molecule has 0 heterocycles. The summed E-state index contributed by atoms with van der Waals surface area (Å²) < 4.78 is 16.0. The second-order valence-corrected chi connectivity index (χ2v) is 3.66. The van der Waals surface area contributed by atoms with Crippen molar-refractivity contribution in [3.63, 3.8) is 0 Å². The fraction of sp³-hybridized carbons (Fsp3) is 0.500. The number of carbonyl (C=O) groups is 1. The molecule has 0 bridgehead atoms. The first-order valence-electron chi connectivity index (χ1n) is 6.29. The molecular formula is C14H20O4. The summed E-state index contributed by atoms with van der Waals surface area (Å²) >= 11 is 0. The van der Waals surface area contributed by atoms with Gasteiger partial charge in [-0.2, -0.15) is 0 Å². The number of hydrogen-bond donors (Lipinski definition) is 0. The molecule has 0 aromatic heterocycles. The zero-order valence-corrected chi connectivity index (χ0v) is 11.2. The van der Waals surface area contributed by atoms with Gasteiger partial charge in [-0.25, -0.2) is 4.79 Å². The van der Waals surface area contributed by atoms with Crippen LogP contribution in [-0.2, 0) is 4.74 Å². The quantitative estimate of drug-likeness (QED) is 0.700. The predicted octanol–water partition coefficient (Wildman–Crippen LogP) is 3.05. The van der Waals surface area contributed by atoms with Gasteiger partial charge < -0.3 is 14.2 Å². The maximum Gasteiger partial charge on any atom is 0.338 e. The molecule has 1 rings (SSSR count). The van der Waals surface area contributed by atoms with Crippen molar-refractivity contribution in [2.75, 3.05) is 19.8 Å². The molecule has 4 nitrogen and oxygen atoms in total. The van der Waals surface area contributed by atoms with E-state index < -0.39 is 0 Å². The Morgan fingerprint density at radius 3 is 2.33 bits per heavy atom. The van der Waals surface area contributed by atoms with E-state index in [1.807, 2.05) is 20.8 Å². The van der Waals surface area contributed by atoms with Gasteiger partial charge in [-0.3, -0.25) is 0 Å². The summed E-state index contributed by atoms with van der Waals surface area (Å²) in [7, 11) is 0. The molecular weight excluding hydrogens is 232 g/mol. The molecule has 1 aromatic carbocycles. The molecule has 0 radical (unpaired) electrons. The van der Waals surface area contributed by atoms with Crippen LogP contribution in [0.3, 0.4) is 0 Å². The third-order valence-electron chi connectivity index (χ3n) is 2.22. The fourth-order valence-corrected chi connectivity index (χ4v) is 1.46. The van der Waals surface area contributed by atoms with E-state index in [0.29, 0.717) is 36.9 Å². The highest BCUT2D eigenvalue weighted by Gasteiger charge is 2.12. The van der Waals surface area contributed by atoms with Crippen LogP contribution in [-0.4, -0.2) is 25.8 Å². The lowest BCUT2D eigenvalue weighted by Crippen LogP contribution is -2.07. The summed E-state index contributed by atoms with van der Waals surface area (Å²) in [4.78, 5) is 11.7. The molecule has 0 aliphatic carbocycles. The summed E-state index contributed by atoms with van der Waals surface area (Å²) in [6, 6.07) is 5.08. The van der Waals surface area contributed by atoms with E-state index in [-0.39, 0.29) is 5.97 Å². The lowest BCUT2D eigenvalue weighted by molar-refractivity contribution is 0.0504. The molecule has 100 valence electrons. The molecule has 0 unspecified atom stereocenters. The highest BCUT2D eigenvalue weighted by molar-refractivity contribution is 5.90. The van der Waals surface area contributed by atoms with Crippen molar-refractivity contribution in [2.45, 2.75) is 27.2 Å². The Labute approximate surface area is 108 Å². The predicted molar refractivity (Wildman–Crippen MR) is 69.4 cm³/mol. The summed E-state index contributed by atoms with van der Waals surface area (Å²) in [5.41, 5.74) is 0.482. The van der Waals surface area contributed by atoms with Gasteiger partial charge in [0.25, 0.3) is 0 Å². The maximum atomic E-state index is 11.7. The fourth-order valence-electron chi connectivity index (χ4n) is 1.46. The van der Waals surface area contributed by atoms with Crippen molar-refractivity contribution in [2.24, 2.45) is 0 Å². The van der Waals surface area contributed by atoms with Crippen LogP contribution in [0.4, 0.5) is 0 Å². The summed E-state index contributed by atoms with van der Waals surface area (Å²) in [6.45, 7) is 7.25. The lowest BCUT2D eigenvalue weighted by Gasteiger charge is -2.12. The molecule has 0 amide bonds. The summed E-state index contributed by atoms with van der Waals surface area (Å²) in [5, 5.41) is 0. The first-order valence-corrected chi connectivity index (χ1v) is 6.29. The normalized spacial score (nSPS) is 9.94. The Morgan fingerprint density at radius 2 is 1.72 bits per heavy atom. The Kier molecular flexibility index (Phi) is 6.05. The van der Waals surface area contributed by atoms with Gasteiger partial charge in [0, 0.05) is 0 Å². The van der Waals surface area contributed by atoms with Gasteiger partial charge in [-0.05, 0) is 38.5 Å². The van der Waals surface area contributed by atoms with Crippen molar-refractivity contribution in [1.82, 2.24) is 0 Å². The van der Waals surface area contributed by atoms with Crippen molar-refractivity contribution >= 4 is 5.97 Å². The molecule has 0 aliphatic heterocycles. The topological polar surface area (TPSA) is 44.8 Å². The minimum absolute atomic E-state index is 0.333. The van der Waals surface area contributed by atoms with Gasteiger partial charge >= 0.3 is 5.97 Å². The van der Waals surface area contributed by atoms with Gasteiger partial charge in [0.15, 0.2) is 11.5 Å². The van der Waals surface area contributed by atoms with Gasteiger partial charge in [-0.1, -0.05) is 6.92 Å². The van der Waals surface area contributed by atoms with Crippen molar-refractivity contribution in [3.8, 4) is 11.5 Å². The molecule has 1 aromatic rings. The van der Waals surface area contributed by atoms with Gasteiger partial charge in [0.05, 0.1) is 25.4 Å². The average molecular weight is 252 g/mol. The monoisotopic (exact) mass is 252 g/mol. The van der Waals surface area contributed by atoms with E-state index in [0.717, 1.165) is 6.42 Å². The van der Waals surface area contributed by atoms with E-state index in [4.69, 9.17) is 14.2 Å². The van der Waals surface area contributed by atoms with E-state index in [2.05, 4.69) is 0 Å². The first kappa shape index (κ1) is 14.4. The number of ether oxygens (including phenoxy) is 3. The van der Waals surface area contributed by atoms with Crippen molar-refractivity contribution in [3.05, 3.63) is 23.8 Å². The zero-order valence-electron chi connectivity index (χ0n) is 11.2. The van der Waals surface area contributed by atoms with Crippen LogP contribution < -0.4 is 9.47 Å². The minimum Gasteiger partial charge on any atom is -0.490 e. The Bertz CT molecular complexity index is 387. The second-order valence-electron chi connectivity index (χ2n) is 3.66. The molecule has 4 heteroatoms. The largest absolute Gasteiger partial charge is 0.490 e. The smallest absolute Gasteiger partial charge is 0.338 e. The third kappa shape index (κ3) is 3.95. The van der Waals surface area contributed by atoms with E-state index in [9.17, 15) is 4.79 Å². The molecule has 0 spiro atoms. The summed E-state index contributed by atoms with van der Waals surface area (Å²) in [5.74, 6) is 0.887. The molecule has 0 saturated heterocycles. The molecule has 0 atom stereocenters. The van der Waals surface area contributed by atoms with Gasteiger partial charge in [0.2, 0.25) is 0 Å². The highest BCUT2D eigenvalue weighted by atomic mass is 16.5. The van der Waals surface area contributed by atoms with E-state index in [1.54, 1.807) is 18.2 Å². The standard InChI is InChI=1S/C14H20O4/c1-4-9-18-14(15)11-7-8-12(16-5-2)13(10-11)17-6-3/h7-8,10H,4-6,9H2,1-3H3. The number of carbonyl (C=O) groups excluding carboxylic acids is 1. The van der Waals surface area contributed by atoms with Gasteiger partial charge in [0.1, 0.15) is 0 Å². The summed E-state index contributed by atoms with van der Waals surface area (Å²) in [6.07, 6.45) is 0.807. The van der Waals surface area contributed by atoms with Crippen LogP contribution in [0, 0.1) is 0 Å². The minimum atomic E-state index is -0.333. The molecule has 0 fully saturated rings. The maximum absolute atomic E-state index is 11.7. The lowest BCUT2D eigenvalue weighted by atomic mass is 10.2. The number of benzene rings is 1. The number of hydrogen-bond acceptors (Lipinski definition) is 4. The molecule has 0 saturated carbocycles. The van der Waals surface area contributed by atoms with Crippen LogP contribution >= 0.6 is 0 Å². The Hall–Kier alpha value is -1.71. The van der Waals surface area contributed by atoms with Crippen LogP contribution in [0.1, 0.15) is 37.6 Å². The van der Waals surface area contributed by atoms with Crippen molar-refractivity contribution in [1.29, 1.82) is 0 Å². The Morgan fingerprint density at radius 1 is 1.06 bits per heavy atom. The molecule has 0 aliphatic rings. The van der Waals surface area contributed by atoms with E-state index in [1.165, 1.54) is 0 Å². The zero-order chi connectivity index (χ0) is 13.4. The second kappa shape index (κ2) is 7.58. The van der Waals surface area contributed by atoms with Crippen LogP contribution in [0.15, 0.2) is 18.2 Å². The molecule has 18 heavy (non-hydrogen) atoms. The number of esters is 1. The highest BCUT2D eigenvalue weighted by Crippen LogP contribution is 2.28. The van der Waals surface area contributed by atoms with Crippen LogP contribution in [0.2, 0.25) is 0 Å². The number of rotatable bonds is 7. The average Bonchev–Trinajstić information content (AvgIpc) is 2.38.